The van der Waals surface area contributed by atoms with Gasteiger partial charge in [-0.2, -0.15) is 0 Å². The van der Waals surface area contributed by atoms with E-state index in [2.05, 4.69) is 29.2 Å². The van der Waals surface area contributed by atoms with Crippen LogP contribution in [-0.2, 0) is 0 Å². The largest absolute Gasteiger partial charge is 0.320 e. The molecule has 0 aromatic heterocycles. The van der Waals surface area contributed by atoms with Gasteiger partial charge in [-0.3, -0.25) is 4.90 Å². The topological polar surface area (TPSA) is 18.5 Å². The zero-order chi connectivity index (χ0) is 10.4. The summed E-state index contributed by atoms with van der Waals surface area (Å²) in [6.07, 6.45) is 4.05. The fourth-order valence-corrected chi connectivity index (χ4v) is 2.28. The van der Waals surface area contributed by atoms with Gasteiger partial charge in [0.25, 0.3) is 0 Å². The van der Waals surface area contributed by atoms with Gasteiger partial charge in [0, 0.05) is 12.6 Å². The van der Waals surface area contributed by atoms with Crippen LogP contribution >= 0.6 is 0 Å². The average molecular weight is 199 g/mol. The van der Waals surface area contributed by atoms with Crippen LogP contribution in [-0.4, -0.2) is 63.2 Å². The monoisotopic (exact) mass is 199 g/mol. The van der Waals surface area contributed by atoms with Crippen molar-refractivity contribution in [2.24, 2.45) is 0 Å². The van der Waals surface area contributed by atoms with Gasteiger partial charge >= 0.3 is 0 Å². The van der Waals surface area contributed by atoms with E-state index in [4.69, 9.17) is 0 Å². The van der Waals surface area contributed by atoms with E-state index in [0.29, 0.717) is 0 Å². The highest BCUT2D eigenvalue weighted by molar-refractivity contribution is 4.80. The third-order valence-corrected chi connectivity index (χ3v) is 2.95. The van der Waals surface area contributed by atoms with E-state index in [1.165, 1.54) is 38.9 Å². The molecule has 1 atom stereocenters. The van der Waals surface area contributed by atoms with E-state index in [-0.39, 0.29) is 0 Å². The van der Waals surface area contributed by atoms with Crippen LogP contribution in [0.5, 0.6) is 0 Å². The summed E-state index contributed by atoms with van der Waals surface area (Å²) in [5.41, 5.74) is 0. The van der Waals surface area contributed by atoms with Gasteiger partial charge in [-0.25, -0.2) is 0 Å². The molecule has 1 unspecified atom stereocenters. The fraction of sp³-hybridized carbons (Fsp3) is 1.00. The molecule has 1 fully saturated rings. The third-order valence-electron chi connectivity index (χ3n) is 2.95. The minimum absolute atomic E-state index is 0.807. The third kappa shape index (κ3) is 3.95. The predicted octanol–water partition coefficient (Wildman–Crippen LogP) is 0.622. The lowest BCUT2D eigenvalue weighted by molar-refractivity contribution is 0.206. The zero-order valence-corrected chi connectivity index (χ0v) is 9.92. The molecule has 0 aromatic carbocycles. The van der Waals surface area contributed by atoms with Crippen molar-refractivity contribution in [2.75, 3.05) is 47.3 Å². The van der Waals surface area contributed by atoms with Crippen molar-refractivity contribution in [1.29, 1.82) is 0 Å². The minimum atomic E-state index is 0.807. The summed E-state index contributed by atoms with van der Waals surface area (Å²) in [5, 5.41) is 3.21. The molecule has 1 saturated heterocycles. The molecule has 1 rings (SSSR count). The van der Waals surface area contributed by atoms with Gasteiger partial charge in [0.05, 0.1) is 0 Å². The van der Waals surface area contributed by atoms with Crippen molar-refractivity contribution < 1.29 is 0 Å². The zero-order valence-electron chi connectivity index (χ0n) is 9.92. The van der Waals surface area contributed by atoms with Crippen LogP contribution in [0, 0.1) is 0 Å². The molecule has 0 saturated carbocycles. The highest BCUT2D eigenvalue weighted by atomic mass is 15.2. The molecule has 3 heteroatoms. The highest BCUT2D eigenvalue weighted by Gasteiger charge is 2.23. The summed E-state index contributed by atoms with van der Waals surface area (Å²) in [5.74, 6) is 0. The molecule has 14 heavy (non-hydrogen) atoms. The molecule has 0 aromatic rings. The van der Waals surface area contributed by atoms with E-state index in [1.807, 2.05) is 7.05 Å². The number of hydrogen-bond acceptors (Lipinski definition) is 3. The molecule has 1 heterocycles. The Hall–Kier alpha value is -0.120. The Morgan fingerprint density at radius 1 is 1.43 bits per heavy atom. The Kier molecular flexibility index (Phi) is 5.45. The Labute approximate surface area is 88.5 Å². The smallest absolute Gasteiger partial charge is 0.0223 e. The minimum Gasteiger partial charge on any atom is -0.320 e. The maximum atomic E-state index is 3.21. The van der Waals surface area contributed by atoms with Crippen molar-refractivity contribution in [1.82, 2.24) is 15.1 Å². The SMILES string of the molecule is CNCCCN1CCCC1CN(C)C. The van der Waals surface area contributed by atoms with E-state index < -0.39 is 0 Å². The molecule has 0 bridgehead atoms. The van der Waals surface area contributed by atoms with Crippen LogP contribution in [0.15, 0.2) is 0 Å². The van der Waals surface area contributed by atoms with Gasteiger partial charge in [-0.15, -0.1) is 0 Å². The van der Waals surface area contributed by atoms with Crippen molar-refractivity contribution in [3.63, 3.8) is 0 Å². The van der Waals surface area contributed by atoms with E-state index in [1.54, 1.807) is 0 Å². The molecule has 0 radical (unpaired) electrons. The van der Waals surface area contributed by atoms with Crippen LogP contribution in [0.3, 0.4) is 0 Å². The van der Waals surface area contributed by atoms with E-state index >= 15 is 0 Å². The van der Waals surface area contributed by atoms with Crippen molar-refractivity contribution in [2.45, 2.75) is 25.3 Å². The molecule has 0 spiro atoms. The van der Waals surface area contributed by atoms with E-state index in [0.717, 1.165) is 12.6 Å². The first kappa shape index (κ1) is 12.0. The number of nitrogens with zero attached hydrogens (tertiary/aromatic N) is 2. The molecule has 1 aliphatic heterocycles. The van der Waals surface area contributed by atoms with Crippen LogP contribution in [0.25, 0.3) is 0 Å². The Bertz CT molecular complexity index is 147. The maximum Gasteiger partial charge on any atom is 0.0223 e. The highest BCUT2D eigenvalue weighted by Crippen LogP contribution is 2.17. The lowest BCUT2D eigenvalue weighted by Gasteiger charge is -2.26. The van der Waals surface area contributed by atoms with Crippen LogP contribution < -0.4 is 5.32 Å². The predicted molar refractivity (Wildman–Crippen MR) is 61.7 cm³/mol. The van der Waals surface area contributed by atoms with Gasteiger partial charge < -0.3 is 10.2 Å². The van der Waals surface area contributed by atoms with Crippen molar-refractivity contribution >= 4 is 0 Å². The quantitative estimate of drug-likeness (QED) is 0.633. The molecular formula is C11H25N3. The number of likely N-dealkylation sites (N-methyl/N-ethyl adjacent to an activating group) is 1. The second-order valence-electron chi connectivity index (χ2n) is 4.55. The molecule has 84 valence electrons. The molecule has 3 nitrogen and oxygen atoms in total. The van der Waals surface area contributed by atoms with Gasteiger partial charge in [0.1, 0.15) is 0 Å². The lowest BCUT2D eigenvalue weighted by atomic mass is 10.2. The average Bonchev–Trinajstić information content (AvgIpc) is 2.52. The second kappa shape index (κ2) is 6.38. The molecule has 0 amide bonds. The van der Waals surface area contributed by atoms with Gasteiger partial charge in [-0.1, -0.05) is 0 Å². The standard InChI is InChI=1S/C11H25N3/c1-12-7-5-9-14-8-4-6-11(14)10-13(2)3/h11-12H,4-10H2,1-3H3. The number of likely N-dealkylation sites (tertiary alicyclic amines) is 1. The Morgan fingerprint density at radius 3 is 2.86 bits per heavy atom. The van der Waals surface area contributed by atoms with Crippen LogP contribution in [0.4, 0.5) is 0 Å². The van der Waals surface area contributed by atoms with Crippen molar-refractivity contribution in [3.05, 3.63) is 0 Å². The summed E-state index contributed by atoms with van der Waals surface area (Å²) >= 11 is 0. The normalized spacial score (nSPS) is 23.6. The summed E-state index contributed by atoms with van der Waals surface area (Å²) in [6.45, 7) is 4.94. The van der Waals surface area contributed by atoms with Crippen LogP contribution in [0.1, 0.15) is 19.3 Å². The number of nitrogens with one attached hydrogen (secondary N) is 1. The first-order valence-electron chi connectivity index (χ1n) is 5.77. The maximum absolute atomic E-state index is 3.21. The van der Waals surface area contributed by atoms with Gasteiger partial charge in [-0.05, 0) is 60.0 Å². The first-order chi connectivity index (χ1) is 6.74. The number of rotatable bonds is 6. The van der Waals surface area contributed by atoms with Gasteiger partial charge in [0.15, 0.2) is 0 Å². The van der Waals surface area contributed by atoms with Crippen molar-refractivity contribution in [3.8, 4) is 0 Å². The second-order valence-corrected chi connectivity index (χ2v) is 4.55. The lowest BCUT2D eigenvalue weighted by Crippen LogP contribution is -2.38. The summed E-state index contributed by atoms with van der Waals surface area (Å²) in [4.78, 5) is 4.96. The summed E-state index contributed by atoms with van der Waals surface area (Å²) < 4.78 is 0. The first-order valence-corrected chi connectivity index (χ1v) is 5.77. The Morgan fingerprint density at radius 2 is 2.21 bits per heavy atom. The van der Waals surface area contributed by atoms with Gasteiger partial charge in [0.2, 0.25) is 0 Å². The fourth-order valence-electron chi connectivity index (χ4n) is 2.28. The van der Waals surface area contributed by atoms with Crippen LogP contribution in [0.2, 0.25) is 0 Å². The molecular weight excluding hydrogens is 174 g/mol. The molecule has 1 N–H and O–H groups in total. The molecule has 1 aliphatic rings. The van der Waals surface area contributed by atoms with E-state index in [9.17, 15) is 0 Å². The summed E-state index contributed by atoms with van der Waals surface area (Å²) in [7, 11) is 6.37. The summed E-state index contributed by atoms with van der Waals surface area (Å²) in [6, 6.07) is 0.807. The number of hydrogen-bond donors (Lipinski definition) is 1. The molecule has 0 aliphatic carbocycles. The Balaban J connectivity index is 2.21.